The van der Waals surface area contributed by atoms with Crippen LogP contribution in [0.25, 0.3) is 15.5 Å². The van der Waals surface area contributed by atoms with Gasteiger partial charge in [-0.05, 0) is 19.1 Å². The van der Waals surface area contributed by atoms with Crippen LogP contribution in [0.1, 0.15) is 23.0 Å². The summed E-state index contributed by atoms with van der Waals surface area (Å²) in [5.41, 5.74) is -0.0251. The van der Waals surface area contributed by atoms with Crippen LogP contribution in [0.4, 0.5) is 13.2 Å². The average Bonchev–Trinajstić information content (AvgIpc) is 3.05. The number of hydrogen-bond acceptors (Lipinski definition) is 5. The van der Waals surface area contributed by atoms with Gasteiger partial charge < -0.3 is 4.74 Å². The van der Waals surface area contributed by atoms with Crippen molar-refractivity contribution in [1.82, 2.24) is 14.6 Å². The topological polar surface area (TPSA) is 56.5 Å². The summed E-state index contributed by atoms with van der Waals surface area (Å²) < 4.78 is 43.9. The van der Waals surface area contributed by atoms with Crippen LogP contribution < -0.4 is 0 Å². The van der Waals surface area contributed by atoms with Crippen LogP contribution in [0.3, 0.4) is 0 Å². The minimum atomic E-state index is -4.37. The molecule has 0 aliphatic heterocycles. The van der Waals surface area contributed by atoms with Gasteiger partial charge in [0.05, 0.1) is 18.4 Å². The van der Waals surface area contributed by atoms with E-state index in [1.807, 2.05) is 0 Å². The molecule has 23 heavy (non-hydrogen) atoms. The van der Waals surface area contributed by atoms with Crippen molar-refractivity contribution in [2.75, 3.05) is 6.61 Å². The number of rotatable bonds is 3. The highest BCUT2D eigenvalue weighted by molar-refractivity contribution is 7.19. The molecule has 0 saturated heterocycles. The third-order valence-electron chi connectivity index (χ3n) is 2.99. The van der Waals surface area contributed by atoms with E-state index >= 15 is 0 Å². The minimum absolute atomic E-state index is 0.143. The Morgan fingerprint density at radius 2 is 2.00 bits per heavy atom. The molecular weight excluding hydrogens is 331 g/mol. The number of carbonyl (C=O) groups excluding carboxylic acids is 1. The maximum Gasteiger partial charge on any atom is 0.416 e. The lowest BCUT2D eigenvalue weighted by atomic mass is 10.1. The summed E-state index contributed by atoms with van der Waals surface area (Å²) >= 11 is 1.17. The van der Waals surface area contributed by atoms with Gasteiger partial charge in [0.2, 0.25) is 4.96 Å². The number of fused-ring (bicyclic) bond motifs is 1. The monoisotopic (exact) mass is 341 g/mol. The Morgan fingerprint density at radius 3 is 2.57 bits per heavy atom. The van der Waals surface area contributed by atoms with Crippen molar-refractivity contribution < 1.29 is 22.7 Å². The van der Waals surface area contributed by atoms with Gasteiger partial charge in [0.25, 0.3) is 0 Å². The van der Waals surface area contributed by atoms with Crippen LogP contribution >= 0.6 is 11.3 Å². The molecule has 3 aromatic rings. The molecule has 2 heterocycles. The van der Waals surface area contributed by atoms with E-state index in [0.29, 0.717) is 15.5 Å². The molecule has 0 amide bonds. The number of imidazole rings is 1. The predicted molar refractivity (Wildman–Crippen MR) is 77.3 cm³/mol. The molecule has 0 radical (unpaired) electrons. The van der Waals surface area contributed by atoms with E-state index in [4.69, 9.17) is 4.74 Å². The summed E-state index contributed by atoms with van der Waals surface area (Å²) in [7, 11) is 0. The molecule has 0 aliphatic rings. The minimum Gasteiger partial charge on any atom is -0.461 e. The maximum absolute atomic E-state index is 12.6. The molecule has 0 N–H and O–H groups in total. The third kappa shape index (κ3) is 3.04. The first-order valence-corrected chi connectivity index (χ1v) is 7.41. The van der Waals surface area contributed by atoms with E-state index in [2.05, 4.69) is 10.1 Å². The number of benzene rings is 1. The molecule has 120 valence electrons. The Kier molecular flexibility index (Phi) is 3.80. The Bertz CT molecular complexity index is 821. The molecule has 0 bridgehead atoms. The van der Waals surface area contributed by atoms with Crippen molar-refractivity contribution in [3.05, 3.63) is 41.7 Å². The van der Waals surface area contributed by atoms with Crippen molar-refractivity contribution in [3.8, 4) is 10.6 Å². The Morgan fingerprint density at radius 1 is 1.30 bits per heavy atom. The number of esters is 1. The number of nitrogens with zero attached hydrogens (tertiary/aromatic N) is 3. The van der Waals surface area contributed by atoms with Crippen LogP contribution in [0.15, 0.2) is 30.5 Å². The van der Waals surface area contributed by atoms with Gasteiger partial charge in [-0.1, -0.05) is 23.5 Å². The molecule has 0 spiro atoms. The van der Waals surface area contributed by atoms with Crippen LogP contribution in [0, 0.1) is 0 Å². The lowest BCUT2D eigenvalue weighted by molar-refractivity contribution is -0.137. The largest absolute Gasteiger partial charge is 0.461 e. The number of halogens is 3. The average molecular weight is 341 g/mol. The van der Waals surface area contributed by atoms with E-state index in [0.717, 1.165) is 12.1 Å². The Hall–Kier alpha value is -2.42. The number of aromatic nitrogens is 3. The van der Waals surface area contributed by atoms with Gasteiger partial charge in [-0.15, -0.1) is 0 Å². The summed E-state index contributed by atoms with van der Waals surface area (Å²) in [6.45, 7) is 1.94. The van der Waals surface area contributed by atoms with Gasteiger partial charge in [-0.3, -0.25) is 0 Å². The summed E-state index contributed by atoms with van der Waals surface area (Å²) in [5, 5.41) is 4.73. The first kappa shape index (κ1) is 15.5. The van der Waals surface area contributed by atoms with Crippen molar-refractivity contribution in [2.24, 2.45) is 0 Å². The van der Waals surface area contributed by atoms with Gasteiger partial charge in [0.15, 0.2) is 5.69 Å². The highest BCUT2D eigenvalue weighted by Gasteiger charge is 2.30. The zero-order valence-electron chi connectivity index (χ0n) is 11.8. The second-order valence-electron chi connectivity index (χ2n) is 4.56. The number of hydrogen-bond donors (Lipinski definition) is 0. The van der Waals surface area contributed by atoms with Crippen molar-refractivity contribution in [2.45, 2.75) is 13.1 Å². The molecule has 0 aliphatic carbocycles. The van der Waals surface area contributed by atoms with Crippen molar-refractivity contribution in [1.29, 1.82) is 0 Å². The van der Waals surface area contributed by atoms with Gasteiger partial charge in [-0.25, -0.2) is 14.3 Å². The van der Waals surface area contributed by atoms with Gasteiger partial charge in [-0.2, -0.15) is 18.3 Å². The summed E-state index contributed by atoms with van der Waals surface area (Å²) in [5.74, 6) is -0.540. The van der Waals surface area contributed by atoms with Crippen molar-refractivity contribution in [3.63, 3.8) is 0 Å². The predicted octanol–water partition coefficient (Wildman–Crippen LogP) is 3.65. The highest BCUT2D eigenvalue weighted by Crippen LogP contribution is 2.32. The fourth-order valence-corrected chi connectivity index (χ4v) is 2.81. The second kappa shape index (κ2) is 5.65. The fourth-order valence-electron chi connectivity index (χ4n) is 1.92. The molecule has 0 unspecified atom stereocenters. The lowest BCUT2D eigenvalue weighted by Gasteiger charge is -2.06. The molecule has 9 heteroatoms. The van der Waals surface area contributed by atoms with E-state index in [9.17, 15) is 18.0 Å². The fraction of sp³-hybridized carbons (Fsp3) is 0.214. The molecule has 0 atom stereocenters. The van der Waals surface area contributed by atoms with Gasteiger partial charge in [0, 0.05) is 5.56 Å². The van der Waals surface area contributed by atoms with Crippen LogP contribution in [0.2, 0.25) is 0 Å². The van der Waals surface area contributed by atoms with E-state index in [1.165, 1.54) is 34.2 Å². The quantitative estimate of drug-likeness (QED) is 0.682. The van der Waals surface area contributed by atoms with Crippen LogP contribution in [-0.4, -0.2) is 27.2 Å². The second-order valence-corrected chi connectivity index (χ2v) is 5.51. The smallest absolute Gasteiger partial charge is 0.416 e. The first-order valence-electron chi connectivity index (χ1n) is 6.59. The number of alkyl halides is 3. The van der Waals surface area contributed by atoms with E-state index in [-0.39, 0.29) is 12.3 Å². The zero-order valence-corrected chi connectivity index (χ0v) is 12.6. The van der Waals surface area contributed by atoms with Crippen LogP contribution in [-0.2, 0) is 10.9 Å². The Balaban J connectivity index is 1.89. The third-order valence-corrected chi connectivity index (χ3v) is 3.96. The maximum atomic E-state index is 12.6. The van der Waals surface area contributed by atoms with Gasteiger partial charge >= 0.3 is 12.1 Å². The van der Waals surface area contributed by atoms with Crippen molar-refractivity contribution >= 4 is 22.3 Å². The molecule has 0 fully saturated rings. The molecule has 0 saturated carbocycles. The molecule has 2 aromatic heterocycles. The molecule has 1 aromatic carbocycles. The Labute approximate surface area is 132 Å². The first-order chi connectivity index (χ1) is 10.9. The normalized spacial score (nSPS) is 11.8. The van der Waals surface area contributed by atoms with Gasteiger partial charge in [0.1, 0.15) is 5.01 Å². The van der Waals surface area contributed by atoms with Crippen LogP contribution in [0.5, 0.6) is 0 Å². The summed E-state index contributed by atoms with van der Waals surface area (Å²) in [6.07, 6.45) is -2.94. The summed E-state index contributed by atoms with van der Waals surface area (Å²) in [4.78, 5) is 16.1. The standard InChI is InChI=1S/C14H10F3N3O2S/c1-2-22-12(21)10-7-20-13(18-10)23-11(19-20)8-3-5-9(6-4-8)14(15,16)17/h3-7H,2H2,1H3. The molecule has 3 rings (SSSR count). The van der Waals surface area contributed by atoms with E-state index < -0.39 is 17.7 Å². The number of carbonyl (C=O) groups is 1. The lowest BCUT2D eigenvalue weighted by Crippen LogP contribution is -2.04. The molecule has 5 nitrogen and oxygen atoms in total. The molecular formula is C14H10F3N3O2S. The highest BCUT2D eigenvalue weighted by atomic mass is 32.1. The van der Waals surface area contributed by atoms with E-state index in [1.54, 1.807) is 6.92 Å². The summed E-state index contributed by atoms with van der Waals surface area (Å²) in [6, 6.07) is 4.72. The number of ether oxygens (including phenoxy) is 1. The SMILES string of the molecule is CCOC(=O)c1cn2nc(-c3ccc(C(F)(F)F)cc3)sc2n1. The zero-order chi connectivity index (χ0) is 16.6.